The molecule has 0 unspecified atom stereocenters. The molecular formula is C19H20N2O5S. The van der Waals surface area contributed by atoms with Gasteiger partial charge in [-0.1, -0.05) is 31.2 Å². The topological polar surface area (TPSA) is 109 Å². The molecule has 0 saturated heterocycles. The van der Waals surface area contributed by atoms with Crippen molar-refractivity contribution in [2.24, 2.45) is 0 Å². The Morgan fingerprint density at radius 3 is 2.48 bits per heavy atom. The Morgan fingerprint density at radius 2 is 1.85 bits per heavy atom. The monoisotopic (exact) mass is 388 g/mol. The van der Waals surface area contributed by atoms with Gasteiger partial charge in [-0.3, -0.25) is 14.4 Å². The number of thioether (sulfide) groups is 1. The van der Waals surface area contributed by atoms with E-state index in [0.29, 0.717) is 22.8 Å². The van der Waals surface area contributed by atoms with Crippen molar-refractivity contribution >= 4 is 23.6 Å². The van der Waals surface area contributed by atoms with E-state index in [9.17, 15) is 19.5 Å². The Balaban J connectivity index is 2.03. The molecule has 0 aliphatic carbocycles. The van der Waals surface area contributed by atoms with Crippen LogP contribution in [0.4, 0.5) is 0 Å². The number of hydrogen-bond acceptors (Lipinski definition) is 5. The van der Waals surface area contributed by atoms with Crippen LogP contribution in [0.2, 0.25) is 0 Å². The summed E-state index contributed by atoms with van der Waals surface area (Å²) >= 11 is 1.55. The minimum absolute atomic E-state index is 0.283. The lowest BCUT2D eigenvalue weighted by molar-refractivity contribution is -0.135. The lowest BCUT2D eigenvalue weighted by atomic mass is 10.1. The smallest absolute Gasteiger partial charge is 0.322 e. The lowest BCUT2D eigenvalue weighted by Gasteiger charge is -2.16. The van der Waals surface area contributed by atoms with E-state index in [0.717, 1.165) is 12.0 Å². The number of aromatic hydroxyl groups is 1. The number of nitrogens with one attached hydrogen (secondary N) is 1. The van der Waals surface area contributed by atoms with Gasteiger partial charge in [0.2, 0.25) is 0 Å². The molecule has 3 N–H and O–H groups in total. The second-order valence-electron chi connectivity index (χ2n) is 6.28. The van der Waals surface area contributed by atoms with Gasteiger partial charge in [0.25, 0.3) is 11.5 Å². The minimum Gasteiger partial charge on any atom is -0.507 e. The molecule has 8 heteroatoms. The Morgan fingerprint density at radius 1 is 1.19 bits per heavy atom. The molecule has 0 saturated carbocycles. The van der Waals surface area contributed by atoms with Crippen molar-refractivity contribution in [1.82, 2.24) is 9.88 Å². The highest BCUT2D eigenvalue weighted by Gasteiger charge is 2.28. The van der Waals surface area contributed by atoms with Crippen LogP contribution in [0.3, 0.4) is 0 Å². The van der Waals surface area contributed by atoms with E-state index in [4.69, 9.17) is 5.11 Å². The van der Waals surface area contributed by atoms with Crippen LogP contribution < -0.4 is 10.9 Å². The molecule has 1 aliphatic rings. The second kappa shape index (κ2) is 7.87. The zero-order valence-corrected chi connectivity index (χ0v) is 15.6. The van der Waals surface area contributed by atoms with Crippen LogP contribution in [0, 0.1) is 0 Å². The first kappa shape index (κ1) is 19.0. The number of rotatable bonds is 6. The van der Waals surface area contributed by atoms with Crippen LogP contribution in [-0.2, 0) is 29.3 Å². The summed E-state index contributed by atoms with van der Waals surface area (Å²) in [6.45, 7) is 1.72. The summed E-state index contributed by atoms with van der Waals surface area (Å²) in [5.74, 6) is -1.39. The van der Waals surface area contributed by atoms with E-state index in [2.05, 4.69) is 12.2 Å². The molecule has 0 atom stereocenters. The summed E-state index contributed by atoms with van der Waals surface area (Å²) in [5.41, 5.74) is 2.35. The molecule has 0 radical (unpaired) electrons. The van der Waals surface area contributed by atoms with Crippen LogP contribution in [0.5, 0.6) is 5.75 Å². The van der Waals surface area contributed by atoms with Crippen LogP contribution in [-0.4, -0.2) is 33.2 Å². The fourth-order valence-electron chi connectivity index (χ4n) is 3.05. The largest absolute Gasteiger partial charge is 0.507 e. The number of pyridine rings is 1. The summed E-state index contributed by atoms with van der Waals surface area (Å²) in [7, 11) is 0. The molecule has 7 nitrogen and oxygen atoms in total. The number of nitrogens with zero attached hydrogens (tertiary/aromatic N) is 1. The molecule has 0 spiro atoms. The molecule has 1 aromatic carbocycles. The summed E-state index contributed by atoms with van der Waals surface area (Å²) in [4.78, 5) is 36.0. The van der Waals surface area contributed by atoms with Gasteiger partial charge in [-0.15, -0.1) is 0 Å². The number of benzene rings is 1. The number of carbonyl (C=O) groups is 2. The first-order valence-corrected chi connectivity index (χ1v) is 9.70. The number of carboxylic acids is 1. The van der Waals surface area contributed by atoms with Crippen molar-refractivity contribution in [1.29, 1.82) is 0 Å². The molecule has 2 aromatic rings. The molecule has 3 rings (SSSR count). The SMILES string of the molecule is CCc1ccc(Cn2c3c(c(O)c(C(=O)NCC(=O)O)c2=O)CSC3)cc1. The number of carbonyl (C=O) groups excluding carboxylic acids is 1. The maximum atomic E-state index is 12.9. The molecule has 2 heterocycles. The lowest BCUT2D eigenvalue weighted by Crippen LogP contribution is -2.37. The average Bonchev–Trinajstić information content (AvgIpc) is 3.14. The predicted octanol–water partition coefficient (Wildman–Crippen LogP) is 1.73. The molecule has 0 fully saturated rings. The van der Waals surface area contributed by atoms with Crippen molar-refractivity contribution in [3.63, 3.8) is 0 Å². The number of hydrogen-bond donors (Lipinski definition) is 3. The number of fused-ring (bicyclic) bond motifs is 1. The van der Waals surface area contributed by atoms with E-state index < -0.39 is 29.5 Å². The van der Waals surface area contributed by atoms with Gasteiger partial charge in [0.05, 0.1) is 6.54 Å². The Kier molecular flexibility index (Phi) is 5.55. The highest BCUT2D eigenvalue weighted by Crippen LogP contribution is 2.36. The molecule has 0 bridgehead atoms. The number of carboxylic acid groups (broad SMARTS) is 1. The number of amides is 1. The van der Waals surface area contributed by atoms with E-state index >= 15 is 0 Å². The maximum absolute atomic E-state index is 12.9. The number of aryl methyl sites for hydroxylation is 1. The van der Waals surface area contributed by atoms with Crippen molar-refractivity contribution in [2.45, 2.75) is 31.4 Å². The molecule has 142 valence electrons. The summed E-state index contributed by atoms with van der Waals surface area (Å²) in [5, 5.41) is 21.3. The first-order valence-electron chi connectivity index (χ1n) is 8.55. The van der Waals surface area contributed by atoms with Gasteiger partial charge in [-0.25, -0.2) is 0 Å². The Hall–Kier alpha value is -2.74. The van der Waals surface area contributed by atoms with Gasteiger partial charge in [0.1, 0.15) is 17.9 Å². The van der Waals surface area contributed by atoms with Crippen LogP contribution in [0.25, 0.3) is 0 Å². The third-order valence-electron chi connectivity index (χ3n) is 4.54. The van der Waals surface area contributed by atoms with Gasteiger partial charge in [0, 0.05) is 22.8 Å². The molecular weight excluding hydrogens is 368 g/mol. The third-order valence-corrected chi connectivity index (χ3v) is 5.51. The molecule has 1 aliphatic heterocycles. The van der Waals surface area contributed by atoms with Gasteiger partial charge >= 0.3 is 5.97 Å². The average molecular weight is 388 g/mol. The fraction of sp³-hybridized carbons (Fsp3) is 0.316. The summed E-state index contributed by atoms with van der Waals surface area (Å²) < 4.78 is 1.51. The zero-order valence-electron chi connectivity index (χ0n) is 14.8. The van der Waals surface area contributed by atoms with Gasteiger partial charge in [0.15, 0.2) is 0 Å². The standard InChI is InChI=1S/C19H20N2O5S/c1-2-11-3-5-12(6-4-11)8-21-14-10-27-9-13(14)17(24)16(19(21)26)18(25)20-7-15(22)23/h3-6,24H,2,7-10H2,1H3,(H,20,25)(H,22,23). The van der Waals surface area contributed by atoms with Crippen molar-refractivity contribution in [2.75, 3.05) is 6.54 Å². The Labute approximate surface area is 160 Å². The highest BCUT2D eigenvalue weighted by molar-refractivity contribution is 7.98. The first-order chi connectivity index (χ1) is 12.9. The van der Waals surface area contributed by atoms with Crippen molar-refractivity contribution in [3.05, 3.63) is 62.6 Å². The van der Waals surface area contributed by atoms with E-state index in [1.165, 1.54) is 10.1 Å². The highest BCUT2D eigenvalue weighted by atomic mass is 32.2. The minimum atomic E-state index is -1.23. The van der Waals surface area contributed by atoms with Crippen LogP contribution in [0.1, 0.15) is 39.7 Å². The Bertz CT molecular complexity index is 950. The normalized spacial score (nSPS) is 12.6. The van der Waals surface area contributed by atoms with E-state index in [1.54, 1.807) is 11.8 Å². The van der Waals surface area contributed by atoms with Crippen LogP contribution in [0.15, 0.2) is 29.1 Å². The second-order valence-corrected chi connectivity index (χ2v) is 7.27. The van der Waals surface area contributed by atoms with E-state index in [1.807, 2.05) is 24.3 Å². The summed E-state index contributed by atoms with van der Waals surface area (Å²) in [6.07, 6.45) is 0.916. The van der Waals surface area contributed by atoms with Gasteiger partial charge < -0.3 is 20.1 Å². The summed E-state index contributed by atoms with van der Waals surface area (Å²) in [6, 6.07) is 7.88. The third kappa shape index (κ3) is 3.85. The van der Waals surface area contributed by atoms with Crippen molar-refractivity contribution in [3.8, 4) is 5.75 Å². The zero-order chi connectivity index (χ0) is 19.6. The number of aliphatic carboxylic acids is 1. The van der Waals surface area contributed by atoms with E-state index in [-0.39, 0.29) is 12.3 Å². The molecule has 1 aromatic heterocycles. The van der Waals surface area contributed by atoms with Gasteiger partial charge in [-0.05, 0) is 17.5 Å². The molecule has 1 amide bonds. The van der Waals surface area contributed by atoms with Gasteiger partial charge in [-0.2, -0.15) is 11.8 Å². The van der Waals surface area contributed by atoms with Crippen LogP contribution >= 0.6 is 11.8 Å². The van der Waals surface area contributed by atoms with Crippen molar-refractivity contribution < 1.29 is 19.8 Å². The quantitative estimate of drug-likeness (QED) is 0.695. The predicted molar refractivity (Wildman–Crippen MR) is 102 cm³/mol. The number of aromatic nitrogens is 1. The molecule has 27 heavy (non-hydrogen) atoms. The fourth-order valence-corrected chi connectivity index (χ4v) is 4.19. The maximum Gasteiger partial charge on any atom is 0.322 e.